The quantitative estimate of drug-likeness (QED) is 0.474. The summed E-state index contributed by atoms with van der Waals surface area (Å²) in [4.78, 5) is 31.6. The minimum absolute atomic E-state index is 0.106. The molecule has 0 aliphatic carbocycles. The number of nitrogens with one attached hydrogen (secondary N) is 1. The van der Waals surface area contributed by atoms with Crippen LogP contribution in [0.25, 0.3) is 4.96 Å². The molecule has 0 unspecified atom stereocenters. The Bertz CT molecular complexity index is 1120. The predicted molar refractivity (Wildman–Crippen MR) is 109 cm³/mol. The molecule has 0 radical (unpaired) electrons. The standard InChI is InChI=1S/C18H17F3N4O2S2/c1-4-28-15-13(14(26)22-10-6-5-7-11(8-10)24(2)3)16(27)25-12(18(19,20)21)9-29-17(25)23-15/h5-9H,4H2,1-3H3,(H,22,26). The predicted octanol–water partition coefficient (Wildman–Crippen LogP) is 4.21. The summed E-state index contributed by atoms with van der Waals surface area (Å²) >= 11 is 1.83. The molecule has 0 aliphatic rings. The maximum absolute atomic E-state index is 13.3. The average Bonchev–Trinajstić information content (AvgIpc) is 3.07. The number of rotatable bonds is 5. The number of alkyl halides is 3. The number of hydrogen-bond donors (Lipinski definition) is 1. The lowest BCUT2D eigenvalue weighted by molar-refractivity contribution is -0.141. The first-order valence-electron chi connectivity index (χ1n) is 8.46. The van der Waals surface area contributed by atoms with Gasteiger partial charge < -0.3 is 10.2 Å². The first-order valence-corrected chi connectivity index (χ1v) is 10.3. The van der Waals surface area contributed by atoms with E-state index in [0.29, 0.717) is 27.2 Å². The maximum Gasteiger partial charge on any atom is 0.432 e. The Morgan fingerprint density at radius 2 is 2.07 bits per heavy atom. The lowest BCUT2D eigenvalue weighted by Gasteiger charge is -2.14. The van der Waals surface area contributed by atoms with Crippen LogP contribution in [0.3, 0.4) is 0 Å². The summed E-state index contributed by atoms with van der Waals surface area (Å²) in [6.07, 6.45) is -4.74. The lowest BCUT2D eigenvalue weighted by atomic mass is 10.2. The number of fused-ring (bicyclic) bond motifs is 1. The molecule has 2 heterocycles. The Hall–Kier alpha value is -2.53. The van der Waals surface area contributed by atoms with Crippen LogP contribution < -0.4 is 15.8 Å². The van der Waals surface area contributed by atoms with Gasteiger partial charge in [-0.05, 0) is 24.0 Å². The van der Waals surface area contributed by atoms with Gasteiger partial charge in [0.05, 0.1) is 0 Å². The van der Waals surface area contributed by atoms with Crippen molar-refractivity contribution in [1.82, 2.24) is 9.38 Å². The second-order valence-corrected chi connectivity index (χ2v) is 8.25. The van der Waals surface area contributed by atoms with Crippen molar-refractivity contribution in [3.63, 3.8) is 0 Å². The third kappa shape index (κ3) is 4.25. The van der Waals surface area contributed by atoms with Crippen LogP contribution in [0.1, 0.15) is 23.0 Å². The fourth-order valence-electron chi connectivity index (χ4n) is 2.62. The summed E-state index contributed by atoms with van der Waals surface area (Å²) in [5.74, 6) is -0.306. The average molecular weight is 442 g/mol. The molecule has 0 bridgehead atoms. The molecule has 1 aromatic carbocycles. The maximum atomic E-state index is 13.3. The monoisotopic (exact) mass is 442 g/mol. The first-order chi connectivity index (χ1) is 13.6. The molecule has 0 saturated carbocycles. The number of carbonyl (C=O) groups is 1. The van der Waals surface area contributed by atoms with Gasteiger partial charge in [-0.2, -0.15) is 13.2 Å². The van der Waals surface area contributed by atoms with Gasteiger partial charge in [0.25, 0.3) is 11.5 Å². The highest BCUT2D eigenvalue weighted by Crippen LogP contribution is 2.32. The van der Waals surface area contributed by atoms with Crippen LogP contribution in [0.4, 0.5) is 24.5 Å². The Morgan fingerprint density at radius 1 is 1.34 bits per heavy atom. The summed E-state index contributed by atoms with van der Waals surface area (Å²) in [5, 5.41) is 3.53. The minimum Gasteiger partial charge on any atom is -0.378 e. The number of amides is 1. The number of carbonyl (C=O) groups excluding carboxylic acids is 1. The Kier molecular flexibility index (Phi) is 5.90. The highest BCUT2D eigenvalue weighted by Gasteiger charge is 2.36. The topological polar surface area (TPSA) is 66.7 Å². The van der Waals surface area contributed by atoms with Crippen molar-refractivity contribution in [2.45, 2.75) is 18.1 Å². The van der Waals surface area contributed by atoms with Crippen molar-refractivity contribution in [2.24, 2.45) is 0 Å². The molecule has 3 aromatic rings. The number of aromatic nitrogens is 2. The second-order valence-electron chi connectivity index (χ2n) is 6.17. The Labute approximate surface area is 172 Å². The zero-order valence-corrected chi connectivity index (χ0v) is 17.3. The molecule has 0 fully saturated rings. The van der Waals surface area contributed by atoms with Crippen molar-refractivity contribution >= 4 is 45.3 Å². The smallest absolute Gasteiger partial charge is 0.378 e. The minimum atomic E-state index is -4.74. The van der Waals surface area contributed by atoms with Crippen LogP contribution in [0.5, 0.6) is 0 Å². The number of hydrogen-bond acceptors (Lipinski definition) is 6. The van der Waals surface area contributed by atoms with E-state index in [4.69, 9.17) is 0 Å². The molecule has 2 aromatic heterocycles. The van der Waals surface area contributed by atoms with E-state index in [2.05, 4.69) is 10.3 Å². The lowest BCUT2D eigenvalue weighted by Crippen LogP contribution is -2.30. The number of halogens is 3. The van der Waals surface area contributed by atoms with Crippen molar-refractivity contribution in [2.75, 3.05) is 30.1 Å². The summed E-state index contributed by atoms with van der Waals surface area (Å²) in [5.41, 5.74) is -1.37. The van der Waals surface area contributed by atoms with Gasteiger partial charge in [0.2, 0.25) is 0 Å². The summed E-state index contributed by atoms with van der Waals surface area (Å²) < 4.78 is 40.3. The van der Waals surface area contributed by atoms with Gasteiger partial charge >= 0.3 is 6.18 Å². The molecular weight excluding hydrogens is 425 g/mol. The van der Waals surface area contributed by atoms with Crippen LogP contribution >= 0.6 is 23.1 Å². The molecule has 154 valence electrons. The molecule has 1 amide bonds. The van der Waals surface area contributed by atoms with Gasteiger partial charge in [-0.15, -0.1) is 23.1 Å². The van der Waals surface area contributed by atoms with E-state index in [9.17, 15) is 22.8 Å². The van der Waals surface area contributed by atoms with Gasteiger partial charge in [-0.1, -0.05) is 13.0 Å². The van der Waals surface area contributed by atoms with Crippen molar-refractivity contribution in [1.29, 1.82) is 0 Å². The summed E-state index contributed by atoms with van der Waals surface area (Å²) in [6, 6.07) is 6.88. The third-order valence-electron chi connectivity index (χ3n) is 3.96. The van der Waals surface area contributed by atoms with E-state index in [-0.39, 0.29) is 9.99 Å². The highest BCUT2D eigenvalue weighted by atomic mass is 32.2. The molecular formula is C18H17F3N4O2S2. The molecule has 6 nitrogen and oxygen atoms in total. The molecule has 11 heteroatoms. The summed E-state index contributed by atoms with van der Waals surface area (Å²) in [7, 11) is 3.66. The second kappa shape index (κ2) is 8.07. The molecule has 3 rings (SSSR count). The number of thiazole rings is 1. The zero-order chi connectivity index (χ0) is 21.3. The molecule has 0 atom stereocenters. The number of thioether (sulfide) groups is 1. The van der Waals surface area contributed by atoms with Crippen LogP contribution in [-0.4, -0.2) is 35.1 Å². The van der Waals surface area contributed by atoms with Crippen molar-refractivity contribution in [3.8, 4) is 0 Å². The van der Waals surface area contributed by atoms with Gasteiger partial charge in [-0.25, -0.2) is 9.38 Å². The van der Waals surface area contributed by atoms with E-state index in [1.807, 2.05) is 25.1 Å². The molecule has 1 N–H and O–H groups in total. The molecule has 29 heavy (non-hydrogen) atoms. The number of anilines is 2. The fraction of sp³-hybridized carbons (Fsp3) is 0.278. The Balaban J connectivity index is 2.12. The van der Waals surface area contributed by atoms with Crippen LogP contribution in [0.2, 0.25) is 0 Å². The van der Waals surface area contributed by atoms with E-state index in [1.165, 1.54) is 0 Å². The largest absolute Gasteiger partial charge is 0.432 e. The van der Waals surface area contributed by atoms with E-state index >= 15 is 0 Å². The SMILES string of the molecule is CCSc1nc2scc(C(F)(F)F)n2c(=O)c1C(=O)Nc1cccc(N(C)C)c1. The van der Waals surface area contributed by atoms with E-state index in [1.54, 1.807) is 25.1 Å². The van der Waals surface area contributed by atoms with Crippen LogP contribution in [0.15, 0.2) is 39.5 Å². The highest BCUT2D eigenvalue weighted by molar-refractivity contribution is 7.99. The summed E-state index contributed by atoms with van der Waals surface area (Å²) in [6.45, 7) is 1.80. The Morgan fingerprint density at radius 3 is 2.69 bits per heavy atom. The number of benzene rings is 1. The van der Waals surface area contributed by atoms with Crippen LogP contribution in [-0.2, 0) is 6.18 Å². The van der Waals surface area contributed by atoms with Gasteiger partial charge in [0.1, 0.15) is 16.3 Å². The van der Waals surface area contributed by atoms with Crippen LogP contribution in [0, 0.1) is 0 Å². The van der Waals surface area contributed by atoms with Crippen molar-refractivity contribution < 1.29 is 18.0 Å². The van der Waals surface area contributed by atoms with Gasteiger partial charge in [-0.3, -0.25) is 9.59 Å². The number of nitrogens with zero attached hydrogens (tertiary/aromatic N) is 3. The van der Waals surface area contributed by atoms with E-state index < -0.39 is 28.9 Å². The third-order valence-corrected chi connectivity index (χ3v) is 5.64. The zero-order valence-electron chi connectivity index (χ0n) is 15.7. The fourth-order valence-corrected chi connectivity index (χ4v) is 4.31. The van der Waals surface area contributed by atoms with E-state index in [0.717, 1.165) is 22.8 Å². The normalized spacial score (nSPS) is 11.7. The van der Waals surface area contributed by atoms with Gasteiger partial charge in [0.15, 0.2) is 4.96 Å². The molecule has 0 spiro atoms. The molecule has 0 saturated heterocycles. The van der Waals surface area contributed by atoms with Crippen molar-refractivity contribution in [3.05, 3.63) is 51.3 Å². The first kappa shape index (κ1) is 21.2. The molecule has 0 aliphatic heterocycles. The van der Waals surface area contributed by atoms with Gasteiger partial charge in [0, 0.05) is 30.9 Å².